The van der Waals surface area contributed by atoms with E-state index in [2.05, 4.69) is 15.0 Å². The van der Waals surface area contributed by atoms with Gasteiger partial charge in [0.05, 0.1) is 5.56 Å². The number of nitrogens with one attached hydrogen (secondary N) is 1. The SMILES string of the molecule is CC(C)(N)CNC(=O)c1ccc(OCC(F)(F)F)nc1. The molecular weight excluding hydrogens is 275 g/mol. The van der Waals surface area contributed by atoms with Crippen molar-refractivity contribution < 1.29 is 22.7 Å². The molecule has 0 unspecified atom stereocenters. The number of hydrogen-bond donors (Lipinski definition) is 2. The smallest absolute Gasteiger partial charge is 0.422 e. The van der Waals surface area contributed by atoms with Crippen LogP contribution in [0.1, 0.15) is 24.2 Å². The first kappa shape index (κ1) is 16.2. The van der Waals surface area contributed by atoms with Crippen LogP contribution in [0.2, 0.25) is 0 Å². The number of alkyl halides is 3. The van der Waals surface area contributed by atoms with Crippen molar-refractivity contribution >= 4 is 5.91 Å². The predicted molar refractivity (Wildman–Crippen MR) is 66.4 cm³/mol. The second-order valence-electron chi connectivity index (χ2n) is 4.96. The van der Waals surface area contributed by atoms with Crippen LogP contribution in [0.5, 0.6) is 5.88 Å². The van der Waals surface area contributed by atoms with Crippen molar-refractivity contribution in [1.82, 2.24) is 10.3 Å². The average Bonchev–Trinajstić information content (AvgIpc) is 2.32. The second-order valence-corrected chi connectivity index (χ2v) is 4.96. The van der Waals surface area contributed by atoms with Crippen molar-refractivity contribution in [2.45, 2.75) is 25.6 Å². The highest BCUT2D eigenvalue weighted by atomic mass is 19.4. The van der Waals surface area contributed by atoms with Crippen molar-refractivity contribution in [3.63, 3.8) is 0 Å². The first-order valence-corrected chi connectivity index (χ1v) is 5.79. The first-order chi connectivity index (χ1) is 9.07. The van der Waals surface area contributed by atoms with Crippen LogP contribution in [0.25, 0.3) is 0 Å². The van der Waals surface area contributed by atoms with Crippen LogP contribution in [0.4, 0.5) is 13.2 Å². The fourth-order valence-corrected chi connectivity index (χ4v) is 1.17. The summed E-state index contributed by atoms with van der Waals surface area (Å²) >= 11 is 0. The quantitative estimate of drug-likeness (QED) is 0.861. The maximum Gasteiger partial charge on any atom is 0.422 e. The molecule has 0 aliphatic rings. The molecule has 1 aromatic heterocycles. The van der Waals surface area contributed by atoms with E-state index in [0.29, 0.717) is 0 Å². The van der Waals surface area contributed by atoms with Gasteiger partial charge in [0.1, 0.15) is 0 Å². The molecule has 1 amide bonds. The number of hydrogen-bond acceptors (Lipinski definition) is 4. The van der Waals surface area contributed by atoms with E-state index in [1.807, 2.05) is 0 Å². The third-order valence-corrected chi connectivity index (χ3v) is 2.09. The van der Waals surface area contributed by atoms with Crippen molar-refractivity contribution in [1.29, 1.82) is 0 Å². The minimum Gasteiger partial charge on any atom is -0.468 e. The van der Waals surface area contributed by atoms with Gasteiger partial charge in [0.25, 0.3) is 5.91 Å². The Kier molecular flexibility index (Phi) is 4.93. The molecule has 0 atom stereocenters. The summed E-state index contributed by atoms with van der Waals surface area (Å²) in [5.74, 6) is -0.601. The predicted octanol–water partition coefficient (Wildman–Crippen LogP) is 1.49. The lowest BCUT2D eigenvalue weighted by Gasteiger charge is -2.18. The van der Waals surface area contributed by atoms with E-state index < -0.39 is 24.2 Å². The molecule has 1 aromatic rings. The number of ether oxygens (including phenoxy) is 1. The van der Waals surface area contributed by atoms with Gasteiger partial charge in [-0.05, 0) is 19.9 Å². The van der Waals surface area contributed by atoms with Gasteiger partial charge in [0.2, 0.25) is 5.88 Å². The topological polar surface area (TPSA) is 77.2 Å². The number of amides is 1. The summed E-state index contributed by atoms with van der Waals surface area (Å²) in [6, 6.07) is 2.53. The molecule has 0 saturated carbocycles. The molecule has 1 heterocycles. The Balaban J connectivity index is 2.56. The Morgan fingerprint density at radius 2 is 2.05 bits per heavy atom. The fraction of sp³-hybridized carbons (Fsp3) is 0.500. The molecule has 20 heavy (non-hydrogen) atoms. The van der Waals surface area contributed by atoms with Crippen molar-refractivity contribution in [2.75, 3.05) is 13.2 Å². The Bertz CT molecular complexity index is 453. The van der Waals surface area contributed by atoms with Gasteiger partial charge in [-0.25, -0.2) is 4.98 Å². The minimum atomic E-state index is -4.43. The van der Waals surface area contributed by atoms with Crippen LogP contribution in [-0.4, -0.2) is 35.8 Å². The Labute approximate surface area is 114 Å². The Hall–Kier alpha value is -1.83. The van der Waals surface area contributed by atoms with E-state index in [9.17, 15) is 18.0 Å². The van der Waals surface area contributed by atoms with Gasteiger partial charge in [-0.1, -0.05) is 0 Å². The number of halogens is 3. The lowest BCUT2D eigenvalue weighted by molar-refractivity contribution is -0.154. The molecule has 0 aliphatic carbocycles. The lowest BCUT2D eigenvalue weighted by Crippen LogP contribution is -2.45. The maximum absolute atomic E-state index is 11.9. The summed E-state index contributed by atoms with van der Waals surface area (Å²) in [5, 5.41) is 2.59. The van der Waals surface area contributed by atoms with E-state index in [-0.39, 0.29) is 18.0 Å². The largest absolute Gasteiger partial charge is 0.468 e. The fourth-order valence-electron chi connectivity index (χ4n) is 1.17. The summed E-state index contributed by atoms with van der Waals surface area (Å²) in [6.45, 7) is 2.34. The van der Waals surface area contributed by atoms with Crippen LogP contribution in [0.15, 0.2) is 18.3 Å². The van der Waals surface area contributed by atoms with Gasteiger partial charge < -0.3 is 15.8 Å². The highest BCUT2D eigenvalue weighted by Crippen LogP contribution is 2.17. The van der Waals surface area contributed by atoms with Crippen LogP contribution < -0.4 is 15.8 Å². The molecule has 3 N–H and O–H groups in total. The summed E-state index contributed by atoms with van der Waals surface area (Å²) in [6.07, 6.45) is -3.28. The molecule has 1 rings (SSSR count). The monoisotopic (exact) mass is 291 g/mol. The number of pyridine rings is 1. The van der Waals surface area contributed by atoms with E-state index >= 15 is 0 Å². The van der Waals surface area contributed by atoms with E-state index in [4.69, 9.17) is 5.73 Å². The van der Waals surface area contributed by atoms with Gasteiger partial charge in [-0.15, -0.1) is 0 Å². The highest BCUT2D eigenvalue weighted by Gasteiger charge is 2.28. The van der Waals surface area contributed by atoms with Crippen LogP contribution in [0.3, 0.4) is 0 Å². The summed E-state index contributed by atoms with van der Waals surface area (Å²) in [7, 11) is 0. The first-order valence-electron chi connectivity index (χ1n) is 5.79. The Morgan fingerprint density at radius 3 is 2.50 bits per heavy atom. The minimum absolute atomic E-state index is 0.196. The van der Waals surface area contributed by atoms with Crippen LogP contribution >= 0.6 is 0 Å². The molecule has 8 heteroatoms. The number of aromatic nitrogens is 1. The Morgan fingerprint density at radius 1 is 1.40 bits per heavy atom. The van der Waals surface area contributed by atoms with E-state index in [1.165, 1.54) is 12.1 Å². The summed E-state index contributed by atoms with van der Waals surface area (Å²) in [4.78, 5) is 15.3. The van der Waals surface area contributed by atoms with Crippen LogP contribution in [0, 0.1) is 0 Å². The molecule has 5 nitrogen and oxygen atoms in total. The highest BCUT2D eigenvalue weighted by molar-refractivity contribution is 5.93. The molecule has 0 bridgehead atoms. The van der Waals surface area contributed by atoms with Gasteiger partial charge in [-0.2, -0.15) is 13.2 Å². The third-order valence-electron chi connectivity index (χ3n) is 2.09. The molecule has 0 aliphatic heterocycles. The van der Waals surface area contributed by atoms with Crippen LogP contribution in [-0.2, 0) is 0 Å². The zero-order valence-corrected chi connectivity index (χ0v) is 11.1. The maximum atomic E-state index is 11.9. The number of carbonyl (C=O) groups is 1. The van der Waals surface area contributed by atoms with E-state index in [1.54, 1.807) is 13.8 Å². The second kappa shape index (κ2) is 6.08. The third kappa shape index (κ3) is 6.37. The van der Waals surface area contributed by atoms with Crippen molar-refractivity contribution in [3.05, 3.63) is 23.9 Å². The van der Waals surface area contributed by atoms with Gasteiger partial charge in [0.15, 0.2) is 6.61 Å². The molecule has 0 fully saturated rings. The molecule has 0 radical (unpaired) electrons. The number of nitrogens with zero attached hydrogens (tertiary/aromatic N) is 1. The number of carbonyl (C=O) groups excluding carboxylic acids is 1. The van der Waals surface area contributed by atoms with Crippen molar-refractivity contribution in [3.8, 4) is 5.88 Å². The van der Waals surface area contributed by atoms with Gasteiger partial charge >= 0.3 is 6.18 Å². The molecular formula is C12H16F3N3O2. The molecule has 0 aromatic carbocycles. The molecule has 0 saturated heterocycles. The average molecular weight is 291 g/mol. The standard InChI is InChI=1S/C12H16F3N3O2/c1-11(2,16)6-18-10(19)8-3-4-9(17-5-8)20-7-12(13,14)15/h3-5H,6-7,16H2,1-2H3,(H,18,19). The zero-order valence-electron chi connectivity index (χ0n) is 11.1. The molecule has 112 valence electrons. The summed E-state index contributed by atoms with van der Waals surface area (Å²) < 4.78 is 40.2. The zero-order chi connectivity index (χ0) is 15.4. The number of nitrogens with two attached hydrogens (primary N) is 1. The molecule has 0 spiro atoms. The normalized spacial score (nSPS) is 12.1. The lowest BCUT2D eigenvalue weighted by atomic mass is 10.1. The number of rotatable bonds is 5. The van der Waals surface area contributed by atoms with Gasteiger partial charge in [-0.3, -0.25) is 4.79 Å². The van der Waals surface area contributed by atoms with Crippen molar-refractivity contribution in [2.24, 2.45) is 5.73 Å². The summed E-state index contributed by atoms with van der Waals surface area (Å²) in [5.41, 5.74) is 5.37. The van der Waals surface area contributed by atoms with E-state index in [0.717, 1.165) is 6.20 Å². The van der Waals surface area contributed by atoms with Gasteiger partial charge in [0, 0.05) is 24.3 Å².